The Bertz CT molecular complexity index is 404. The minimum Gasteiger partial charge on any atom is -0.352 e. The zero-order valence-corrected chi connectivity index (χ0v) is 13.9. The van der Waals surface area contributed by atoms with Crippen LogP contribution in [0.1, 0.15) is 56.5 Å². The van der Waals surface area contributed by atoms with Crippen LogP contribution in [0.3, 0.4) is 0 Å². The highest BCUT2D eigenvalue weighted by atomic mass is 79.9. The lowest BCUT2D eigenvalue weighted by Crippen LogP contribution is -2.25. The summed E-state index contributed by atoms with van der Waals surface area (Å²) < 4.78 is 0. The number of amides is 1. The number of alkyl halides is 1. The molecule has 0 fully saturated rings. The van der Waals surface area contributed by atoms with Crippen LogP contribution in [-0.4, -0.2) is 17.3 Å². The van der Waals surface area contributed by atoms with Crippen molar-refractivity contribution in [3.05, 3.63) is 35.4 Å². The molecule has 1 rings (SSSR count). The van der Waals surface area contributed by atoms with Crippen LogP contribution < -0.4 is 5.32 Å². The standard InChI is InChI=1S/C16H24BrNO/c1-12(17)6-5-11-18-15(19)13-7-9-14(10-8-13)16(2,3)4/h7-10,12H,5-6,11H2,1-4H3,(H,18,19). The number of nitrogens with one attached hydrogen (secondary N) is 1. The largest absolute Gasteiger partial charge is 0.352 e. The Morgan fingerprint density at radius 1 is 1.26 bits per heavy atom. The Morgan fingerprint density at radius 3 is 2.32 bits per heavy atom. The molecule has 0 aliphatic carbocycles. The summed E-state index contributed by atoms with van der Waals surface area (Å²) in [7, 11) is 0. The van der Waals surface area contributed by atoms with Gasteiger partial charge in [0.1, 0.15) is 0 Å². The lowest BCUT2D eigenvalue weighted by atomic mass is 9.87. The fraction of sp³-hybridized carbons (Fsp3) is 0.562. The molecule has 19 heavy (non-hydrogen) atoms. The number of benzene rings is 1. The van der Waals surface area contributed by atoms with E-state index in [1.54, 1.807) is 0 Å². The monoisotopic (exact) mass is 325 g/mol. The van der Waals surface area contributed by atoms with Crippen LogP contribution in [-0.2, 0) is 5.41 Å². The molecule has 2 nitrogen and oxygen atoms in total. The van der Waals surface area contributed by atoms with Crippen molar-refractivity contribution in [1.29, 1.82) is 0 Å². The number of halogens is 1. The Labute approximate surface area is 125 Å². The quantitative estimate of drug-likeness (QED) is 0.635. The molecule has 0 aromatic heterocycles. The topological polar surface area (TPSA) is 29.1 Å². The van der Waals surface area contributed by atoms with Crippen molar-refractivity contribution < 1.29 is 4.79 Å². The van der Waals surface area contributed by atoms with Gasteiger partial charge in [0.2, 0.25) is 0 Å². The first kappa shape index (κ1) is 16.2. The minimum atomic E-state index is 0.0164. The fourth-order valence-corrected chi connectivity index (χ4v) is 2.13. The van der Waals surface area contributed by atoms with E-state index in [1.165, 1.54) is 5.56 Å². The predicted octanol–water partition coefficient (Wildman–Crippen LogP) is 4.28. The van der Waals surface area contributed by atoms with Crippen molar-refractivity contribution in [2.45, 2.75) is 50.8 Å². The summed E-state index contributed by atoms with van der Waals surface area (Å²) in [4.78, 5) is 12.4. The summed E-state index contributed by atoms with van der Waals surface area (Å²) in [6.45, 7) is 9.36. The summed E-state index contributed by atoms with van der Waals surface area (Å²) in [6, 6.07) is 7.89. The minimum absolute atomic E-state index is 0.0164. The van der Waals surface area contributed by atoms with Crippen molar-refractivity contribution in [3.8, 4) is 0 Å². The van der Waals surface area contributed by atoms with Crippen LogP contribution >= 0.6 is 15.9 Å². The number of hydrogen-bond donors (Lipinski definition) is 1. The van der Waals surface area contributed by atoms with Crippen LogP contribution in [0.25, 0.3) is 0 Å². The van der Waals surface area contributed by atoms with E-state index in [1.807, 2.05) is 24.3 Å². The van der Waals surface area contributed by atoms with E-state index in [0.717, 1.165) is 24.9 Å². The molecule has 0 heterocycles. The van der Waals surface area contributed by atoms with Gasteiger partial charge < -0.3 is 5.32 Å². The van der Waals surface area contributed by atoms with Crippen molar-refractivity contribution in [1.82, 2.24) is 5.32 Å². The molecular formula is C16H24BrNO. The van der Waals surface area contributed by atoms with Gasteiger partial charge in [-0.25, -0.2) is 0 Å². The molecule has 1 unspecified atom stereocenters. The van der Waals surface area contributed by atoms with Crippen LogP contribution in [0.15, 0.2) is 24.3 Å². The smallest absolute Gasteiger partial charge is 0.251 e. The Morgan fingerprint density at radius 2 is 1.84 bits per heavy atom. The molecule has 1 atom stereocenters. The zero-order chi connectivity index (χ0) is 14.5. The van der Waals surface area contributed by atoms with Crippen LogP contribution in [0.2, 0.25) is 0 Å². The predicted molar refractivity (Wildman–Crippen MR) is 85.1 cm³/mol. The highest BCUT2D eigenvalue weighted by molar-refractivity contribution is 9.09. The van der Waals surface area contributed by atoms with Gasteiger partial charge in [0.15, 0.2) is 0 Å². The second kappa shape index (κ2) is 7.09. The maximum absolute atomic E-state index is 11.9. The normalized spacial score (nSPS) is 13.1. The SMILES string of the molecule is CC(Br)CCCNC(=O)c1ccc(C(C)(C)C)cc1. The van der Waals surface area contributed by atoms with Gasteiger partial charge in [-0.05, 0) is 36.0 Å². The summed E-state index contributed by atoms with van der Waals surface area (Å²) in [5, 5.41) is 2.95. The Balaban J connectivity index is 2.49. The molecule has 0 spiro atoms. The van der Waals surface area contributed by atoms with Gasteiger partial charge in [-0.15, -0.1) is 0 Å². The average molecular weight is 326 g/mol. The molecule has 1 N–H and O–H groups in total. The highest BCUT2D eigenvalue weighted by Crippen LogP contribution is 2.22. The fourth-order valence-electron chi connectivity index (χ4n) is 1.81. The highest BCUT2D eigenvalue weighted by Gasteiger charge is 2.14. The van der Waals surface area contributed by atoms with E-state index in [4.69, 9.17) is 0 Å². The molecule has 1 aromatic rings. The molecule has 106 valence electrons. The van der Waals surface area contributed by atoms with Gasteiger partial charge >= 0.3 is 0 Å². The van der Waals surface area contributed by atoms with Gasteiger partial charge in [0.25, 0.3) is 5.91 Å². The molecule has 0 aliphatic rings. The average Bonchev–Trinajstić information content (AvgIpc) is 2.33. The number of rotatable bonds is 5. The van der Waals surface area contributed by atoms with E-state index in [0.29, 0.717) is 4.83 Å². The van der Waals surface area contributed by atoms with Crippen molar-refractivity contribution in [2.24, 2.45) is 0 Å². The second-order valence-corrected chi connectivity index (χ2v) is 7.57. The molecular weight excluding hydrogens is 302 g/mol. The lowest BCUT2D eigenvalue weighted by molar-refractivity contribution is 0.0953. The maximum Gasteiger partial charge on any atom is 0.251 e. The Kier molecular flexibility index (Phi) is 6.05. The first-order valence-electron chi connectivity index (χ1n) is 6.83. The second-order valence-electron chi connectivity index (χ2n) is 6.01. The summed E-state index contributed by atoms with van der Waals surface area (Å²) in [5.41, 5.74) is 2.11. The molecule has 0 aliphatic heterocycles. The maximum atomic E-state index is 11.9. The van der Waals surface area contributed by atoms with Gasteiger partial charge in [0.05, 0.1) is 0 Å². The first-order chi connectivity index (χ1) is 8.80. The third-order valence-electron chi connectivity index (χ3n) is 3.08. The lowest BCUT2D eigenvalue weighted by Gasteiger charge is -2.19. The van der Waals surface area contributed by atoms with E-state index in [-0.39, 0.29) is 11.3 Å². The zero-order valence-electron chi connectivity index (χ0n) is 12.3. The van der Waals surface area contributed by atoms with E-state index >= 15 is 0 Å². The van der Waals surface area contributed by atoms with Crippen LogP contribution in [0.5, 0.6) is 0 Å². The summed E-state index contributed by atoms with van der Waals surface area (Å²) >= 11 is 3.50. The van der Waals surface area contributed by atoms with Gasteiger partial charge in [-0.1, -0.05) is 55.8 Å². The van der Waals surface area contributed by atoms with Crippen LogP contribution in [0, 0.1) is 0 Å². The van der Waals surface area contributed by atoms with Crippen molar-refractivity contribution in [3.63, 3.8) is 0 Å². The van der Waals surface area contributed by atoms with Crippen LogP contribution in [0.4, 0.5) is 0 Å². The third kappa shape index (κ3) is 5.77. The number of carbonyl (C=O) groups is 1. The molecule has 0 bridgehead atoms. The number of hydrogen-bond acceptors (Lipinski definition) is 1. The summed E-state index contributed by atoms with van der Waals surface area (Å²) in [5.74, 6) is 0.0164. The molecule has 3 heteroatoms. The van der Waals surface area contributed by atoms with Gasteiger partial charge in [0, 0.05) is 16.9 Å². The third-order valence-corrected chi connectivity index (χ3v) is 3.54. The van der Waals surface area contributed by atoms with E-state index in [2.05, 4.69) is 48.9 Å². The molecule has 0 saturated heterocycles. The molecule has 0 saturated carbocycles. The Hall–Kier alpha value is -0.830. The van der Waals surface area contributed by atoms with E-state index < -0.39 is 0 Å². The van der Waals surface area contributed by atoms with Crippen molar-refractivity contribution >= 4 is 21.8 Å². The molecule has 1 aromatic carbocycles. The van der Waals surface area contributed by atoms with Gasteiger partial charge in [-0.2, -0.15) is 0 Å². The van der Waals surface area contributed by atoms with E-state index in [9.17, 15) is 4.79 Å². The van der Waals surface area contributed by atoms with Gasteiger partial charge in [-0.3, -0.25) is 4.79 Å². The first-order valence-corrected chi connectivity index (χ1v) is 7.75. The van der Waals surface area contributed by atoms with Crippen molar-refractivity contribution in [2.75, 3.05) is 6.54 Å². The molecule has 0 radical (unpaired) electrons. The number of carbonyl (C=O) groups excluding carboxylic acids is 1. The molecule has 1 amide bonds. The summed E-state index contributed by atoms with van der Waals surface area (Å²) in [6.07, 6.45) is 2.07.